The smallest absolute Gasteiger partial charge is 0.234 e. The second-order valence-corrected chi connectivity index (χ2v) is 5.14. The molecule has 0 saturated carbocycles. The average molecular weight is 271 g/mol. The van der Waals surface area contributed by atoms with Crippen molar-refractivity contribution in [2.45, 2.75) is 6.04 Å². The highest BCUT2D eigenvalue weighted by molar-refractivity contribution is 5.78. The van der Waals surface area contributed by atoms with Crippen LogP contribution in [0, 0.1) is 12.3 Å². The minimum absolute atomic E-state index is 0.00608. The molecule has 1 saturated heterocycles. The fourth-order valence-electron chi connectivity index (χ4n) is 2.53. The molecule has 1 aliphatic rings. The van der Waals surface area contributed by atoms with Crippen molar-refractivity contribution in [2.75, 3.05) is 39.8 Å². The lowest BCUT2D eigenvalue weighted by molar-refractivity contribution is -0.123. The number of piperazine rings is 1. The van der Waals surface area contributed by atoms with Gasteiger partial charge < -0.3 is 10.2 Å². The van der Waals surface area contributed by atoms with Gasteiger partial charge >= 0.3 is 0 Å². The summed E-state index contributed by atoms with van der Waals surface area (Å²) in [5.41, 5.74) is 1.25. The first-order valence-corrected chi connectivity index (χ1v) is 6.88. The lowest BCUT2D eigenvalue weighted by atomic mass is 10.0. The summed E-state index contributed by atoms with van der Waals surface area (Å²) in [5, 5.41) is 2.73. The fourth-order valence-corrected chi connectivity index (χ4v) is 2.53. The van der Waals surface area contributed by atoms with Crippen LogP contribution >= 0.6 is 0 Å². The van der Waals surface area contributed by atoms with Gasteiger partial charge in [-0.25, -0.2) is 0 Å². The Kier molecular flexibility index (Phi) is 5.16. The van der Waals surface area contributed by atoms with Crippen molar-refractivity contribution in [3.05, 3.63) is 35.9 Å². The molecule has 1 fully saturated rings. The number of likely N-dealkylation sites (N-methyl/N-ethyl adjacent to an activating group) is 1. The van der Waals surface area contributed by atoms with Crippen LogP contribution in [0.25, 0.3) is 0 Å². The molecule has 4 nitrogen and oxygen atoms in total. The number of carbonyl (C=O) groups excluding carboxylic acids is 1. The minimum atomic E-state index is -0.00608. The summed E-state index contributed by atoms with van der Waals surface area (Å²) in [6, 6.07) is 10.6. The van der Waals surface area contributed by atoms with Crippen molar-refractivity contribution in [2.24, 2.45) is 0 Å². The van der Waals surface area contributed by atoms with Gasteiger partial charge in [0, 0.05) is 25.7 Å². The zero-order chi connectivity index (χ0) is 14.4. The second-order valence-electron chi connectivity index (χ2n) is 5.14. The van der Waals surface area contributed by atoms with E-state index in [-0.39, 0.29) is 11.9 Å². The van der Waals surface area contributed by atoms with E-state index in [1.165, 1.54) is 5.56 Å². The van der Waals surface area contributed by atoms with Crippen LogP contribution in [0.4, 0.5) is 0 Å². The first-order chi connectivity index (χ1) is 9.70. The average Bonchev–Trinajstić information content (AvgIpc) is 2.48. The van der Waals surface area contributed by atoms with Crippen molar-refractivity contribution in [3.63, 3.8) is 0 Å². The van der Waals surface area contributed by atoms with Gasteiger partial charge in [-0.05, 0) is 12.6 Å². The van der Waals surface area contributed by atoms with Crippen molar-refractivity contribution >= 4 is 5.91 Å². The first-order valence-electron chi connectivity index (χ1n) is 6.88. The summed E-state index contributed by atoms with van der Waals surface area (Å²) in [6.07, 6.45) is 5.16. The van der Waals surface area contributed by atoms with Gasteiger partial charge in [0.05, 0.1) is 13.1 Å². The van der Waals surface area contributed by atoms with E-state index >= 15 is 0 Å². The highest BCUT2D eigenvalue weighted by atomic mass is 16.2. The highest BCUT2D eigenvalue weighted by Crippen LogP contribution is 2.24. The molecule has 4 heteroatoms. The number of carbonyl (C=O) groups is 1. The maximum absolute atomic E-state index is 11.9. The predicted molar refractivity (Wildman–Crippen MR) is 80.1 cm³/mol. The molecule has 0 bridgehead atoms. The number of benzene rings is 1. The molecule has 1 unspecified atom stereocenters. The van der Waals surface area contributed by atoms with Crippen molar-refractivity contribution < 1.29 is 4.79 Å². The van der Waals surface area contributed by atoms with Gasteiger partial charge in [-0.2, -0.15) is 0 Å². The number of hydrogen-bond acceptors (Lipinski definition) is 3. The summed E-state index contributed by atoms with van der Waals surface area (Å²) in [7, 11) is 2.12. The summed E-state index contributed by atoms with van der Waals surface area (Å²) >= 11 is 0. The molecule has 1 heterocycles. The summed E-state index contributed by atoms with van der Waals surface area (Å²) in [4.78, 5) is 16.4. The van der Waals surface area contributed by atoms with E-state index in [1.54, 1.807) is 0 Å². The van der Waals surface area contributed by atoms with Crippen LogP contribution in [0.15, 0.2) is 30.3 Å². The van der Waals surface area contributed by atoms with E-state index in [0.717, 1.165) is 19.6 Å². The zero-order valence-electron chi connectivity index (χ0n) is 11.9. The highest BCUT2D eigenvalue weighted by Gasteiger charge is 2.27. The van der Waals surface area contributed by atoms with Crippen LogP contribution in [0.2, 0.25) is 0 Å². The number of nitrogens with one attached hydrogen (secondary N) is 1. The van der Waals surface area contributed by atoms with Gasteiger partial charge in [-0.1, -0.05) is 36.3 Å². The number of amides is 1. The van der Waals surface area contributed by atoms with Gasteiger partial charge in [0.25, 0.3) is 0 Å². The molecule has 2 rings (SSSR count). The van der Waals surface area contributed by atoms with E-state index in [0.29, 0.717) is 13.1 Å². The van der Waals surface area contributed by atoms with E-state index in [9.17, 15) is 4.79 Å². The van der Waals surface area contributed by atoms with Crippen LogP contribution in [0.5, 0.6) is 0 Å². The molecule has 1 atom stereocenters. The molecule has 106 valence electrons. The molecule has 1 N–H and O–H groups in total. The predicted octanol–water partition coefficient (Wildman–Crippen LogP) is 0.725. The number of nitrogens with zero attached hydrogens (tertiary/aromatic N) is 2. The van der Waals surface area contributed by atoms with E-state index < -0.39 is 0 Å². The largest absolute Gasteiger partial charge is 0.344 e. The molecule has 1 aromatic rings. The third-order valence-corrected chi connectivity index (χ3v) is 3.61. The van der Waals surface area contributed by atoms with Gasteiger partial charge in [-0.3, -0.25) is 9.69 Å². The Labute approximate surface area is 120 Å². The third kappa shape index (κ3) is 3.83. The van der Waals surface area contributed by atoms with Crippen molar-refractivity contribution in [1.29, 1.82) is 0 Å². The Morgan fingerprint density at radius 1 is 1.40 bits per heavy atom. The van der Waals surface area contributed by atoms with Crippen molar-refractivity contribution in [3.8, 4) is 12.3 Å². The lowest BCUT2D eigenvalue weighted by Gasteiger charge is -2.39. The van der Waals surface area contributed by atoms with Crippen LogP contribution in [-0.2, 0) is 4.79 Å². The second kappa shape index (κ2) is 7.09. The molecule has 0 spiro atoms. The Bertz CT molecular complexity index is 480. The molecule has 20 heavy (non-hydrogen) atoms. The molecule has 0 radical (unpaired) electrons. The van der Waals surface area contributed by atoms with Gasteiger partial charge in [0.1, 0.15) is 0 Å². The lowest BCUT2D eigenvalue weighted by Crippen LogP contribution is -2.50. The maximum atomic E-state index is 11.9. The molecule has 1 amide bonds. The van der Waals surface area contributed by atoms with Crippen LogP contribution in [-0.4, -0.2) is 55.5 Å². The van der Waals surface area contributed by atoms with E-state index in [4.69, 9.17) is 6.42 Å². The summed E-state index contributed by atoms with van der Waals surface area (Å²) < 4.78 is 0. The standard InChI is InChI=1S/C16H21N3O/c1-3-9-17-16(20)13-19-11-10-18(2)12-15(19)14-7-5-4-6-8-14/h1,4-8,15H,9-13H2,2H3,(H,17,20). The van der Waals surface area contributed by atoms with Gasteiger partial charge in [0.15, 0.2) is 0 Å². The Morgan fingerprint density at radius 2 is 2.15 bits per heavy atom. The van der Waals surface area contributed by atoms with Crippen LogP contribution in [0.1, 0.15) is 11.6 Å². The molecule has 1 aliphatic heterocycles. The van der Waals surface area contributed by atoms with Crippen LogP contribution < -0.4 is 5.32 Å². The first kappa shape index (κ1) is 14.6. The molecule has 1 aromatic carbocycles. The van der Waals surface area contributed by atoms with Crippen molar-refractivity contribution in [1.82, 2.24) is 15.1 Å². The van der Waals surface area contributed by atoms with Gasteiger partial charge in [0.2, 0.25) is 5.91 Å². The van der Waals surface area contributed by atoms with Gasteiger partial charge in [-0.15, -0.1) is 6.42 Å². The molecular formula is C16H21N3O. The monoisotopic (exact) mass is 271 g/mol. The number of terminal acetylenes is 1. The normalized spacial score (nSPS) is 20.3. The number of hydrogen-bond donors (Lipinski definition) is 1. The summed E-state index contributed by atoms with van der Waals surface area (Å²) in [6.45, 7) is 3.50. The Balaban J connectivity index is 2.05. The van der Waals surface area contributed by atoms with E-state index in [2.05, 4.69) is 40.2 Å². The Morgan fingerprint density at radius 3 is 2.85 bits per heavy atom. The SMILES string of the molecule is C#CCNC(=O)CN1CCN(C)CC1c1ccccc1. The molecule has 0 aromatic heterocycles. The quantitative estimate of drug-likeness (QED) is 0.820. The zero-order valence-corrected chi connectivity index (χ0v) is 11.9. The minimum Gasteiger partial charge on any atom is -0.344 e. The number of rotatable bonds is 4. The van der Waals surface area contributed by atoms with Crippen LogP contribution in [0.3, 0.4) is 0 Å². The molecular weight excluding hydrogens is 250 g/mol. The Hall–Kier alpha value is -1.83. The molecule has 0 aliphatic carbocycles. The summed E-state index contributed by atoms with van der Waals surface area (Å²) in [5.74, 6) is 2.42. The fraction of sp³-hybridized carbons (Fsp3) is 0.438. The van der Waals surface area contributed by atoms with E-state index in [1.807, 2.05) is 18.2 Å². The topological polar surface area (TPSA) is 35.6 Å². The maximum Gasteiger partial charge on any atom is 0.234 e. The third-order valence-electron chi connectivity index (χ3n) is 3.61.